The summed E-state index contributed by atoms with van der Waals surface area (Å²) in [7, 11) is 0. The second kappa shape index (κ2) is 24.6. The number of benzene rings is 18. The Morgan fingerprint density at radius 1 is 0.182 bits per heavy atom. The van der Waals surface area contributed by atoms with E-state index in [0.29, 0.717) is 0 Å². The average molecular weight is 1400 g/mol. The van der Waals surface area contributed by atoms with Crippen LogP contribution in [0.1, 0.15) is 0 Å². The molecule has 6 heteroatoms. The molecule has 0 unspecified atom stereocenters. The lowest BCUT2D eigenvalue weighted by Gasteiger charge is -2.46. The molecule has 0 aliphatic carbocycles. The molecule has 510 valence electrons. The van der Waals surface area contributed by atoms with Crippen LogP contribution in [-0.2, 0) is 0 Å². The highest BCUT2D eigenvalue weighted by molar-refractivity contribution is 7.00. The highest BCUT2D eigenvalue weighted by Crippen LogP contribution is 2.55. The Balaban J connectivity index is 0.899. The summed E-state index contributed by atoms with van der Waals surface area (Å²) in [6, 6.07) is 150. The minimum Gasteiger partial charge on any atom is -0.310 e. The Kier molecular flexibility index (Phi) is 13.8. The molecule has 23 rings (SSSR count). The predicted octanol–water partition coefficient (Wildman–Crippen LogP) is 25.7. The maximum atomic E-state index is 2.71. The van der Waals surface area contributed by atoms with Gasteiger partial charge >= 0.3 is 0 Å². The fourth-order valence-electron chi connectivity index (χ4n) is 19.1. The van der Waals surface area contributed by atoms with Gasteiger partial charge in [0.1, 0.15) is 0 Å². The van der Waals surface area contributed by atoms with Crippen LogP contribution in [0.4, 0.5) is 34.1 Å². The van der Waals surface area contributed by atoms with Gasteiger partial charge in [-0.15, -0.1) is 0 Å². The van der Waals surface area contributed by atoms with Gasteiger partial charge in [0, 0.05) is 93.8 Å². The Morgan fingerprint density at radius 3 is 0.845 bits per heavy atom. The number of fused-ring (bicyclic) bond motifs is 15. The van der Waals surface area contributed by atoms with E-state index in [1.165, 1.54) is 92.5 Å². The summed E-state index contributed by atoms with van der Waals surface area (Å²) in [6.07, 6.45) is 0. The summed E-state index contributed by atoms with van der Waals surface area (Å²) in [5, 5.41) is 12.0. The van der Waals surface area contributed by atoms with Crippen molar-refractivity contribution in [2.24, 2.45) is 0 Å². The van der Waals surface area contributed by atoms with Crippen molar-refractivity contribution in [1.29, 1.82) is 0 Å². The Morgan fingerprint density at radius 2 is 0.473 bits per heavy atom. The summed E-state index contributed by atoms with van der Waals surface area (Å²) >= 11 is 0. The zero-order valence-electron chi connectivity index (χ0n) is 59.9. The lowest BCUT2D eigenvalue weighted by Crippen LogP contribution is -2.61. The molecule has 0 radical (unpaired) electrons. The summed E-state index contributed by atoms with van der Waals surface area (Å²) in [5.74, 6) is 0. The van der Waals surface area contributed by atoms with Crippen LogP contribution in [0.15, 0.2) is 400 Å². The van der Waals surface area contributed by atoms with Crippen LogP contribution < -0.4 is 26.2 Å². The fraction of sp³-hybridized carbons (Fsp3) is 0. The van der Waals surface area contributed by atoms with E-state index in [-0.39, 0.29) is 6.71 Å². The van der Waals surface area contributed by atoms with Crippen molar-refractivity contribution in [3.05, 3.63) is 400 Å². The van der Waals surface area contributed by atoms with Gasteiger partial charge in [-0.2, -0.15) is 0 Å². The quantitative estimate of drug-likeness (QED) is 0.101. The molecular weight excluding hydrogens is 1330 g/mol. The molecule has 5 heterocycles. The van der Waals surface area contributed by atoms with E-state index in [9.17, 15) is 0 Å². The summed E-state index contributed by atoms with van der Waals surface area (Å²) < 4.78 is 7.57. The highest BCUT2D eigenvalue weighted by Gasteiger charge is 2.46. The number of anilines is 6. The maximum Gasteiger partial charge on any atom is 0.252 e. The second-order valence-corrected chi connectivity index (χ2v) is 29.3. The van der Waals surface area contributed by atoms with E-state index in [2.05, 4.69) is 424 Å². The zero-order chi connectivity index (χ0) is 72.1. The molecule has 0 N–H and O–H groups in total. The molecule has 5 nitrogen and oxygen atoms in total. The van der Waals surface area contributed by atoms with Crippen LogP contribution >= 0.6 is 0 Å². The molecule has 0 saturated heterocycles. The monoisotopic (exact) mass is 1400 g/mol. The summed E-state index contributed by atoms with van der Waals surface area (Å²) in [4.78, 5) is 5.41. The van der Waals surface area contributed by atoms with Gasteiger partial charge in [0.25, 0.3) is 6.71 Å². The van der Waals surface area contributed by atoms with Gasteiger partial charge in [0.15, 0.2) is 0 Å². The molecule has 3 aromatic heterocycles. The van der Waals surface area contributed by atoms with Crippen molar-refractivity contribution in [3.8, 4) is 72.7 Å². The second-order valence-electron chi connectivity index (χ2n) is 29.3. The number of aromatic nitrogens is 3. The third kappa shape index (κ3) is 9.17. The molecule has 2 aliphatic heterocycles. The Labute approximate surface area is 636 Å². The van der Waals surface area contributed by atoms with Gasteiger partial charge in [0.2, 0.25) is 0 Å². The topological polar surface area (TPSA) is 21.3 Å². The molecule has 0 fully saturated rings. The van der Waals surface area contributed by atoms with Gasteiger partial charge < -0.3 is 23.5 Å². The largest absolute Gasteiger partial charge is 0.310 e. The van der Waals surface area contributed by atoms with Crippen LogP contribution in [0.2, 0.25) is 0 Å². The van der Waals surface area contributed by atoms with Gasteiger partial charge in [-0.1, -0.05) is 334 Å². The normalized spacial score (nSPS) is 12.5. The molecule has 0 saturated carbocycles. The van der Waals surface area contributed by atoms with Crippen molar-refractivity contribution in [1.82, 2.24) is 13.7 Å². The van der Waals surface area contributed by atoms with Gasteiger partial charge in [-0.25, -0.2) is 0 Å². The standard InChI is InChI=1S/C104H66BN5/c1-5-31-67(32-6-1)74-49-29-50-75(68-33-7-2-8-34-68)102(74)109-96-63-71(100-84-45-13-15-47-86(84)104(87-48-16-14-46-85(87)100)108-94-57-27-21-43-82(94)83-44-22-28-58-95(83)108)59-61-88(96)105-89-62-60-72(106-90-53-23-17-39-78(90)79-40-18-24-54-91(79)106)64-97(89)110(103-76(69-35-9-3-10-36-69)51-30-52-77(103)70-37-11-4-12-38-70)99-66-73(65-98(109)101(99)105)107-92-55-25-19-41-80(92)81-42-20-26-56-93(81)107/h1-66H. The molecule has 0 spiro atoms. The number of nitrogens with zero attached hydrogens (tertiary/aromatic N) is 5. The lowest BCUT2D eigenvalue weighted by atomic mass is 9.33. The van der Waals surface area contributed by atoms with Crippen LogP contribution in [0, 0.1) is 0 Å². The van der Waals surface area contributed by atoms with E-state index in [0.717, 1.165) is 118 Å². The van der Waals surface area contributed by atoms with Gasteiger partial charge in [0.05, 0.1) is 55.8 Å². The summed E-state index contributed by atoms with van der Waals surface area (Å²) in [6.45, 7) is -0.301. The Hall–Kier alpha value is -14.5. The average Bonchev–Trinajstić information content (AvgIpc) is 0.732. The van der Waals surface area contributed by atoms with E-state index >= 15 is 0 Å². The van der Waals surface area contributed by atoms with E-state index < -0.39 is 0 Å². The van der Waals surface area contributed by atoms with Crippen molar-refractivity contribution in [2.75, 3.05) is 9.80 Å². The minimum absolute atomic E-state index is 0.301. The SMILES string of the molecule is c1ccc(-c2cccc(-c3ccccc3)c2N2c3cc(-c4c5ccccc5c(-n5c6ccccc6c6ccccc65)c5ccccc45)ccc3B3c4ccc(-n5c6ccccc6c6ccccc65)cc4N(c4c(-c5ccccc5)cccc4-c4ccccc4)c4cc(-n5c6ccccc6c6ccccc65)cc2c43)cc1. The van der Waals surface area contributed by atoms with Crippen molar-refractivity contribution in [2.45, 2.75) is 0 Å². The van der Waals surface area contributed by atoms with Crippen molar-refractivity contribution < 1.29 is 0 Å². The molecule has 0 atom stereocenters. The van der Waals surface area contributed by atoms with Crippen molar-refractivity contribution >= 4 is 144 Å². The number of rotatable bonds is 10. The van der Waals surface area contributed by atoms with Crippen LogP contribution in [0.25, 0.3) is 160 Å². The van der Waals surface area contributed by atoms with Gasteiger partial charge in [-0.3, -0.25) is 0 Å². The van der Waals surface area contributed by atoms with E-state index in [4.69, 9.17) is 0 Å². The van der Waals surface area contributed by atoms with Crippen LogP contribution in [-0.4, -0.2) is 20.4 Å². The van der Waals surface area contributed by atoms with E-state index in [1.807, 2.05) is 0 Å². The van der Waals surface area contributed by atoms with Crippen LogP contribution in [0.5, 0.6) is 0 Å². The molecule has 21 aromatic rings. The van der Waals surface area contributed by atoms with Gasteiger partial charge in [-0.05, 0) is 127 Å². The first-order valence-corrected chi connectivity index (χ1v) is 38.1. The first-order valence-electron chi connectivity index (χ1n) is 38.1. The zero-order valence-corrected chi connectivity index (χ0v) is 59.9. The van der Waals surface area contributed by atoms with Crippen LogP contribution in [0.3, 0.4) is 0 Å². The Bertz CT molecular complexity index is 7020. The third-order valence-corrected chi connectivity index (χ3v) is 23.6. The van der Waals surface area contributed by atoms with Crippen molar-refractivity contribution in [3.63, 3.8) is 0 Å². The maximum absolute atomic E-state index is 2.71. The molecule has 2 aliphatic rings. The molecular formula is C104H66BN5. The lowest BCUT2D eigenvalue weighted by molar-refractivity contribution is 1.15. The molecule has 0 amide bonds. The fourth-order valence-corrected chi connectivity index (χ4v) is 19.1. The van der Waals surface area contributed by atoms with E-state index in [1.54, 1.807) is 0 Å². The highest BCUT2D eigenvalue weighted by atomic mass is 15.2. The number of para-hydroxylation sites is 8. The molecule has 0 bridgehead atoms. The number of hydrogen-bond donors (Lipinski definition) is 0. The first kappa shape index (κ1) is 61.8. The summed E-state index contributed by atoms with van der Waals surface area (Å²) in [5.41, 5.74) is 31.7. The minimum atomic E-state index is -0.301. The third-order valence-electron chi connectivity index (χ3n) is 23.6. The predicted molar refractivity (Wildman–Crippen MR) is 466 cm³/mol. The molecule has 18 aromatic carbocycles. The number of hydrogen-bond acceptors (Lipinski definition) is 2. The smallest absolute Gasteiger partial charge is 0.252 e. The molecule has 110 heavy (non-hydrogen) atoms. The first-order chi connectivity index (χ1) is 54.7.